The van der Waals surface area contributed by atoms with Crippen LogP contribution in [0.3, 0.4) is 0 Å². The smallest absolute Gasteiger partial charge is 0.337 e. The second-order valence-electron chi connectivity index (χ2n) is 7.35. The number of methoxy groups -OCH3 is 1. The third-order valence-electron chi connectivity index (χ3n) is 5.35. The number of carbonyl (C=O) groups excluding carboxylic acids is 1. The molecule has 1 aliphatic carbocycles. The zero-order valence-electron chi connectivity index (χ0n) is 16.4. The molecule has 0 radical (unpaired) electrons. The van der Waals surface area contributed by atoms with Gasteiger partial charge < -0.3 is 4.74 Å². The van der Waals surface area contributed by atoms with Crippen molar-refractivity contribution in [3.05, 3.63) is 59.7 Å². The average Bonchev–Trinajstić information content (AvgIpc) is 3.51. The minimum Gasteiger partial charge on any atom is -0.465 e. The summed E-state index contributed by atoms with van der Waals surface area (Å²) in [5.41, 5.74) is 1.31. The van der Waals surface area contributed by atoms with Gasteiger partial charge in [-0.2, -0.15) is 0 Å². The molecule has 29 heavy (non-hydrogen) atoms. The van der Waals surface area contributed by atoms with Crippen molar-refractivity contribution in [3.8, 4) is 0 Å². The predicted octanol–water partition coefficient (Wildman–Crippen LogP) is 4.99. The van der Waals surface area contributed by atoms with E-state index in [-0.39, 0.29) is 4.90 Å². The number of ether oxygens (including phenoxy) is 1. The van der Waals surface area contributed by atoms with Gasteiger partial charge in [-0.15, -0.1) is 11.3 Å². The lowest BCUT2D eigenvalue weighted by molar-refractivity contribution is 0.0600. The van der Waals surface area contributed by atoms with E-state index < -0.39 is 16.0 Å². The number of aryl methyl sites for hydroxylation is 1. The van der Waals surface area contributed by atoms with E-state index in [4.69, 9.17) is 4.74 Å². The minimum atomic E-state index is -3.75. The van der Waals surface area contributed by atoms with E-state index in [0.717, 1.165) is 27.1 Å². The van der Waals surface area contributed by atoms with Gasteiger partial charge >= 0.3 is 5.97 Å². The summed E-state index contributed by atoms with van der Waals surface area (Å²) in [6.07, 6.45) is 3.20. The molecule has 0 bridgehead atoms. The lowest BCUT2D eigenvalue weighted by atomic mass is 10.2. The first-order valence-corrected chi connectivity index (χ1v) is 11.9. The molecule has 0 unspecified atom stereocenters. The Balaban J connectivity index is 1.75. The summed E-state index contributed by atoms with van der Waals surface area (Å²) in [6.45, 7) is 2.44. The zero-order valence-corrected chi connectivity index (χ0v) is 18.1. The summed E-state index contributed by atoms with van der Waals surface area (Å²) in [5.74, 6) is 0.129. The number of carbonyl (C=O) groups is 1. The molecule has 2 aromatic carbocycles. The van der Waals surface area contributed by atoms with E-state index in [9.17, 15) is 13.2 Å². The van der Waals surface area contributed by atoms with Crippen molar-refractivity contribution in [3.63, 3.8) is 0 Å². The van der Waals surface area contributed by atoms with Crippen molar-refractivity contribution < 1.29 is 17.9 Å². The van der Waals surface area contributed by atoms with Crippen LogP contribution in [0, 0.1) is 12.8 Å². The molecule has 1 saturated carbocycles. The highest BCUT2D eigenvalue weighted by Gasteiger charge is 2.31. The summed E-state index contributed by atoms with van der Waals surface area (Å²) in [5, 5.41) is 1.85. The number of rotatable bonds is 7. The van der Waals surface area contributed by atoms with Crippen molar-refractivity contribution in [2.45, 2.75) is 31.1 Å². The van der Waals surface area contributed by atoms with Crippen molar-refractivity contribution in [1.29, 1.82) is 0 Å². The monoisotopic (exact) mass is 429 g/mol. The molecule has 0 amide bonds. The van der Waals surface area contributed by atoms with E-state index in [1.54, 1.807) is 4.31 Å². The Morgan fingerprint density at radius 2 is 1.83 bits per heavy atom. The van der Waals surface area contributed by atoms with E-state index in [1.165, 1.54) is 55.6 Å². The van der Waals surface area contributed by atoms with E-state index in [1.807, 2.05) is 31.2 Å². The number of anilines is 1. The maximum absolute atomic E-state index is 13.6. The molecule has 1 heterocycles. The maximum atomic E-state index is 13.6. The van der Waals surface area contributed by atoms with Crippen LogP contribution in [0.5, 0.6) is 0 Å². The second kappa shape index (κ2) is 7.80. The van der Waals surface area contributed by atoms with Crippen LogP contribution in [-0.2, 0) is 14.8 Å². The Morgan fingerprint density at radius 3 is 2.45 bits per heavy atom. The standard InChI is InChI=1S/C22H23NO4S2/c1-15-19-5-3-4-6-20(19)28-21(15)23(14-13-16-7-8-16)29(25,26)18-11-9-17(10-12-18)22(24)27-2/h3-6,9-12,16H,7-8,13-14H2,1-2H3. The van der Waals surface area contributed by atoms with Gasteiger partial charge in [0.2, 0.25) is 0 Å². The molecular formula is C22H23NO4S2. The molecule has 0 N–H and O–H groups in total. The van der Waals surface area contributed by atoms with Crippen LogP contribution in [0.15, 0.2) is 53.4 Å². The normalized spacial score (nSPS) is 14.1. The number of esters is 1. The van der Waals surface area contributed by atoms with E-state index >= 15 is 0 Å². The van der Waals surface area contributed by atoms with Crippen LogP contribution < -0.4 is 4.31 Å². The minimum absolute atomic E-state index is 0.179. The first kappa shape index (κ1) is 19.9. The first-order chi connectivity index (χ1) is 13.9. The topological polar surface area (TPSA) is 63.7 Å². The third kappa shape index (κ3) is 3.89. The lowest BCUT2D eigenvalue weighted by Crippen LogP contribution is -2.32. The molecular weight excluding hydrogens is 406 g/mol. The fourth-order valence-electron chi connectivity index (χ4n) is 3.44. The molecule has 3 aromatic rings. The molecule has 0 atom stereocenters. The molecule has 7 heteroatoms. The van der Waals surface area contributed by atoms with Gasteiger partial charge in [-0.05, 0) is 60.5 Å². The van der Waals surface area contributed by atoms with Crippen molar-refractivity contribution >= 4 is 42.4 Å². The van der Waals surface area contributed by atoms with Gasteiger partial charge in [-0.3, -0.25) is 4.31 Å². The fourth-order valence-corrected chi connectivity index (χ4v) is 6.43. The number of thiophene rings is 1. The number of sulfonamides is 1. The molecule has 152 valence electrons. The van der Waals surface area contributed by atoms with Gasteiger partial charge in [-0.25, -0.2) is 13.2 Å². The summed E-state index contributed by atoms with van der Waals surface area (Å²) in [4.78, 5) is 11.9. The van der Waals surface area contributed by atoms with Crippen LogP contribution in [0.2, 0.25) is 0 Å². The number of hydrogen-bond donors (Lipinski definition) is 0. The summed E-state index contributed by atoms with van der Waals surface area (Å²) in [6, 6.07) is 13.9. The Kier molecular flexibility index (Phi) is 5.36. The van der Waals surface area contributed by atoms with Crippen LogP contribution >= 0.6 is 11.3 Å². The molecule has 0 aliphatic heterocycles. The highest BCUT2D eigenvalue weighted by atomic mass is 32.2. The van der Waals surface area contributed by atoms with Crippen LogP contribution in [0.4, 0.5) is 5.00 Å². The van der Waals surface area contributed by atoms with Gasteiger partial charge in [0.15, 0.2) is 0 Å². The number of benzene rings is 2. The lowest BCUT2D eigenvalue weighted by Gasteiger charge is -2.24. The molecule has 0 spiro atoms. The highest BCUT2D eigenvalue weighted by Crippen LogP contribution is 2.41. The maximum Gasteiger partial charge on any atom is 0.337 e. The zero-order chi connectivity index (χ0) is 20.6. The van der Waals surface area contributed by atoms with Gasteiger partial charge in [-0.1, -0.05) is 31.0 Å². The van der Waals surface area contributed by atoms with Gasteiger partial charge in [0, 0.05) is 11.2 Å². The summed E-state index contributed by atoms with van der Waals surface area (Å²) in [7, 11) is -2.45. The Labute approximate surface area is 175 Å². The van der Waals surface area contributed by atoms with Crippen LogP contribution in [0.1, 0.15) is 35.2 Å². The van der Waals surface area contributed by atoms with Crippen molar-refractivity contribution in [2.24, 2.45) is 5.92 Å². The second-order valence-corrected chi connectivity index (χ2v) is 10.2. The molecule has 0 saturated heterocycles. The summed E-state index contributed by atoms with van der Waals surface area (Å²) < 4.78 is 34.5. The Morgan fingerprint density at radius 1 is 1.14 bits per heavy atom. The number of nitrogens with zero attached hydrogens (tertiary/aromatic N) is 1. The van der Waals surface area contributed by atoms with Gasteiger partial charge in [0.25, 0.3) is 10.0 Å². The highest BCUT2D eigenvalue weighted by molar-refractivity contribution is 7.93. The fraction of sp³-hybridized carbons (Fsp3) is 0.318. The van der Waals surface area contributed by atoms with E-state index in [0.29, 0.717) is 18.0 Å². The quantitative estimate of drug-likeness (QED) is 0.496. The molecule has 1 aromatic heterocycles. The first-order valence-electron chi connectivity index (χ1n) is 9.61. The Hall–Kier alpha value is -2.38. The van der Waals surface area contributed by atoms with E-state index in [2.05, 4.69) is 0 Å². The van der Waals surface area contributed by atoms with Gasteiger partial charge in [0.1, 0.15) is 5.00 Å². The third-order valence-corrected chi connectivity index (χ3v) is 8.57. The average molecular weight is 430 g/mol. The molecule has 1 fully saturated rings. The van der Waals surface area contributed by atoms with Crippen molar-refractivity contribution in [2.75, 3.05) is 18.0 Å². The molecule has 1 aliphatic rings. The van der Waals surface area contributed by atoms with Crippen molar-refractivity contribution in [1.82, 2.24) is 0 Å². The molecule has 5 nitrogen and oxygen atoms in total. The number of hydrogen-bond acceptors (Lipinski definition) is 5. The molecule has 4 rings (SSSR count). The Bertz CT molecular complexity index is 1150. The number of fused-ring (bicyclic) bond motifs is 1. The van der Waals surface area contributed by atoms with Gasteiger partial charge in [0.05, 0.1) is 17.6 Å². The van der Waals surface area contributed by atoms with Crippen LogP contribution in [-0.4, -0.2) is 28.0 Å². The van der Waals surface area contributed by atoms with Crippen LogP contribution in [0.25, 0.3) is 10.1 Å². The SMILES string of the molecule is COC(=O)c1ccc(S(=O)(=O)N(CCC2CC2)c2sc3ccccc3c2C)cc1. The largest absolute Gasteiger partial charge is 0.465 e. The predicted molar refractivity (Wildman–Crippen MR) is 116 cm³/mol. The summed E-state index contributed by atoms with van der Waals surface area (Å²) >= 11 is 1.51.